The molecular weight excluding hydrogens is 184 g/mol. The van der Waals surface area contributed by atoms with Crippen LogP contribution in [0.3, 0.4) is 0 Å². The molecule has 0 fully saturated rings. The van der Waals surface area contributed by atoms with Crippen molar-refractivity contribution in [1.82, 2.24) is 0 Å². The van der Waals surface area contributed by atoms with Gasteiger partial charge in [0.15, 0.2) is 0 Å². The van der Waals surface area contributed by atoms with Gasteiger partial charge in [0.05, 0.1) is 0 Å². The van der Waals surface area contributed by atoms with Crippen molar-refractivity contribution in [2.75, 3.05) is 0 Å². The molecule has 0 aromatic carbocycles. The minimum Gasteiger partial charge on any atom is -0.395 e. The van der Waals surface area contributed by atoms with Gasteiger partial charge in [-0.15, -0.1) is 0 Å². The fourth-order valence-electron chi connectivity index (χ4n) is 1.34. The molecule has 0 bridgehead atoms. The van der Waals surface area contributed by atoms with E-state index in [4.69, 9.17) is 0 Å². The molecule has 0 N–H and O–H groups in total. The van der Waals surface area contributed by atoms with Crippen LogP contribution < -0.4 is 0 Å². The van der Waals surface area contributed by atoms with Gasteiger partial charge in [-0.2, -0.15) is 0 Å². The second-order valence-electron chi connectivity index (χ2n) is 3.62. The SMILES string of the molecule is CCCCCCC(C)CC(=O)OS. The minimum atomic E-state index is -0.216. The van der Waals surface area contributed by atoms with E-state index in [1.54, 1.807) is 0 Å². The van der Waals surface area contributed by atoms with Crippen LogP contribution in [0.25, 0.3) is 0 Å². The molecule has 78 valence electrons. The lowest BCUT2D eigenvalue weighted by Crippen LogP contribution is -2.05. The van der Waals surface area contributed by atoms with Gasteiger partial charge < -0.3 is 4.18 Å². The molecule has 0 saturated heterocycles. The quantitative estimate of drug-likeness (QED) is 0.391. The maximum atomic E-state index is 10.8. The fraction of sp³-hybridized carbons (Fsp3) is 0.900. The average Bonchev–Trinajstić information content (AvgIpc) is 2.12. The van der Waals surface area contributed by atoms with Crippen LogP contribution in [0, 0.1) is 5.92 Å². The van der Waals surface area contributed by atoms with E-state index in [-0.39, 0.29) is 5.97 Å². The van der Waals surface area contributed by atoms with Gasteiger partial charge in [0, 0.05) is 19.3 Å². The smallest absolute Gasteiger partial charge is 0.317 e. The van der Waals surface area contributed by atoms with Crippen molar-refractivity contribution in [1.29, 1.82) is 0 Å². The Morgan fingerprint density at radius 2 is 2.08 bits per heavy atom. The summed E-state index contributed by atoms with van der Waals surface area (Å²) in [5.74, 6) is 0.211. The molecule has 0 radical (unpaired) electrons. The predicted octanol–water partition coefficient (Wildman–Crippen LogP) is 3.37. The number of rotatable bonds is 7. The zero-order valence-corrected chi connectivity index (χ0v) is 9.48. The highest BCUT2D eigenvalue weighted by Gasteiger charge is 2.08. The van der Waals surface area contributed by atoms with Crippen LogP contribution in [-0.4, -0.2) is 5.97 Å². The largest absolute Gasteiger partial charge is 0.395 e. The molecule has 0 aliphatic rings. The maximum Gasteiger partial charge on any atom is 0.317 e. The molecule has 2 nitrogen and oxygen atoms in total. The predicted molar refractivity (Wildman–Crippen MR) is 57.6 cm³/mol. The number of carbonyl (C=O) groups excluding carboxylic acids is 1. The first-order chi connectivity index (χ1) is 6.20. The lowest BCUT2D eigenvalue weighted by molar-refractivity contribution is -0.133. The van der Waals surface area contributed by atoms with Gasteiger partial charge in [-0.3, -0.25) is 4.79 Å². The Morgan fingerprint density at radius 1 is 1.38 bits per heavy atom. The number of carbonyl (C=O) groups is 1. The Hall–Kier alpha value is -0.180. The number of hydrogen-bond donors (Lipinski definition) is 1. The summed E-state index contributed by atoms with van der Waals surface area (Å²) in [4.78, 5) is 10.8. The Balaban J connectivity index is 3.29. The van der Waals surface area contributed by atoms with E-state index in [1.807, 2.05) is 0 Å². The van der Waals surface area contributed by atoms with E-state index >= 15 is 0 Å². The summed E-state index contributed by atoms with van der Waals surface area (Å²) in [5, 5.41) is 0. The molecule has 3 heteroatoms. The molecular formula is C10H20O2S. The minimum absolute atomic E-state index is 0.216. The normalized spacial score (nSPS) is 12.5. The van der Waals surface area contributed by atoms with Crippen LogP contribution in [0.1, 0.15) is 52.4 Å². The molecule has 0 aliphatic heterocycles. The zero-order valence-electron chi connectivity index (χ0n) is 8.58. The molecule has 0 aliphatic carbocycles. The van der Waals surface area contributed by atoms with Crippen LogP contribution in [0.5, 0.6) is 0 Å². The maximum absolute atomic E-state index is 10.8. The van der Waals surface area contributed by atoms with Gasteiger partial charge in [-0.05, 0) is 5.92 Å². The highest BCUT2D eigenvalue weighted by molar-refractivity contribution is 7.75. The summed E-state index contributed by atoms with van der Waals surface area (Å²) in [6.45, 7) is 4.28. The monoisotopic (exact) mass is 204 g/mol. The molecule has 0 spiro atoms. The van der Waals surface area contributed by atoms with Gasteiger partial charge in [-0.1, -0.05) is 46.0 Å². The highest BCUT2D eigenvalue weighted by Crippen LogP contribution is 2.14. The Labute approximate surface area is 86.7 Å². The second kappa shape index (κ2) is 8.42. The van der Waals surface area contributed by atoms with Crippen molar-refractivity contribution >= 4 is 18.9 Å². The van der Waals surface area contributed by atoms with Crippen molar-refractivity contribution in [3.05, 3.63) is 0 Å². The molecule has 13 heavy (non-hydrogen) atoms. The lowest BCUT2D eigenvalue weighted by Gasteiger charge is -2.08. The summed E-state index contributed by atoms with van der Waals surface area (Å²) < 4.78 is 4.30. The van der Waals surface area contributed by atoms with Crippen molar-refractivity contribution in [3.8, 4) is 0 Å². The molecule has 1 atom stereocenters. The molecule has 0 aromatic heterocycles. The van der Waals surface area contributed by atoms with E-state index in [1.165, 1.54) is 25.7 Å². The van der Waals surface area contributed by atoms with Crippen molar-refractivity contribution in [3.63, 3.8) is 0 Å². The van der Waals surface area contributed by atoms with Gasteiger partial charge in [0.2, 0.25) is 0 Å². The Kier molecular flexibility index (Phi) is 8.30. The number of thiol groups is 1. The van der Waals surface area contributed by atoms with Crippen molar-refractivity contribution in [2.24, 2.45) is 5.92 Å². The van der Waals surface area contributed by atoms with E-state index in [0.29, 0.717) is 12.3 Å². The third-order valence-corrected chi connectivity index (χ3v) is 2.37. The molecule has 1 unspecified atom stereocenters. The lowest BCUT2D eigenvalue weighted by atomic mass is 10.00. The topological polar surface area (TPSA) is 26.3 Å². The average molecular weight is 204 g/mol. The number of hydrogen-bond acceptors (Lipinski definition) is 3. The van der Waals surface area contributed by atoms with E-state index < -0.39 is 0 Å². The van der Waals surface area contributed by atoms with Crippen LogP contribution in [0.4, 0.5) is 0 Å². The molecule has 0 saturated carbocycles. The van der Waals surface area contributed by atoms with E-state index in [0.717, 1.165) is 6.42 Å². The first kappa shape index (κ1) is 12.8. The highest BCUT2D eigenvalue weighted by atomic mass is 32.1. The molecule has 0 amide bonds. The summed E-state index contributed by atoms with van der Waals surface area (Å²) >= 11 is 3.47. The van der Waals surface area contributed by atoms with Crippen LogP contribution >= 0.6 is 12.9 Å². The van der Waals surface area contributed by atoms with Crippen LogP contribution in [0.2, 0.25) is 0 Å². The van der Waals surface area contributed by atoms with E-state index in [2.05, 4.69) is 30.9 Å². The first-order valence-corrected chi connectivity index (χ1v) is 5.41. The molecule has 0 rings (SSSR count). The van der Waals surface area contributed by atoms with Crippen LogP contribution in [-0.2, 0) is 8.98 Å². The van der Waals surface area contributed by atoms with Crippen molar-refractivity contribution < 1.29 is 8.98 Å². The van der Waals surface area contributed by atoms with Gasteiger partial charge >= 0.3 is 5.97 Å². The van der Waals surface area contributed by atoms with Gasteiger partial charge in [-0.25, -0.2) is 0 Å². The fourth-order valence-corrected chi connectivity index (χ4v) is 1.42. The second-order valence-corrected chi connectivity index (χ2v) is 3.80. The summed E-state index contributed by atoms with van der Waals surface area (Å²) in [5.41, 5.74) is 0. The zero-order chi connectivity index (χ0) is 10.1. The Bertz CT molecular complexity index is 137. The number of unbranched alkanes of at least 4 members (excludes halogenated alkanes) is 3. The summed E-state index contributed by atoms with van der Waals surface area (Å²) in [6.07, 6.45) is 6.65. The van der Waals surface area contributed by atoms with Gasteiger partial charge in [0.25, 0.3) is 0 Å². The third-order valence-electron chi connectivity index (χ3n) is 2.17. The molecule has 0 aromatic rings. The van der Waals surface area contributed by atoms with E-state index in [9.17, 15) is 4.79 Å². The van der Waals surface area contributed by atoms with Crippen LogP contribution in [0.15, 0.2) is 0 Å². The first-order valence-electron chi connectivity index (χ1n) is 5.05. The molecule has 0 heterocycles. The third kappa shape index (κ3) is 8.16. The Morgan fingerprint density at radius 3 is 2.62 bits per heavy atom. The van der Waals surface area contributed by atoms with Crippen molar-refractivity contribution in [2.45, 2.75) is 52.4 Å². The van der Waals surface area contributed by atoms with Gasteiger partial charge in [0.1, 0.15) is 0 Å². The summed E-state index contributed by atoms with van der Waals surface area (Å²) in [7, 11) is 0. The summed E-state index contributed by atoms with van der Waals surface area (Å²) in [6, 6.07) is 0. The standard InChI is InChI=1S/C10H20O2S/c1-3-4-5-6-7-9(2)8-10(11)12-13/h9,13H,3-8H2,1-2H3.